The van der Waals surface area contributed by atoms with Gasteiger partial charge in [-0.25, -0.2) is 0 Å². The molecule has 0 unspecified atom stereocenters. The second-order valence-electron chi connectivity index (χ2n) is 2.44. The molecule has 2 rings (SSSR count). The van der Waals surface area contributed by atoms with Crippen LogP contribution in [-0.4, -0.2) is 5.11 Å². The minimum absolute atomic E-state index is 0.303. The van der Waals surface area contributed by atoms with Gasteiger partial charge in [0.2, 0.25) is 0 Å². The Labute approximate surface area is 64.9 Å². The molecule has 1 nitrogen and oxygen atoms in total. The Bertz CT molecular complexity index is 379. The lowest BCUT2D eigenvalue weighted by Crippen LogP contribution is -1.70. The van der Waals surface area contributed by atoms with Crippen LogP contribution in [0.3, 0.4) is 0 Å². The van der Waals surface area contributed by atoms with Gasteiger partial charge in [-0.1, -0.05) is 24.3 Å². The van der Waals surface area contributed by atoms with Crippen LogP contribution >= 0.6 is 0 Å². The fraction of sp³-hybridized carbons (Fsp3) is 0. The summed E-state index contributed by atoms with van der Waals surface area (Å²) >= 11 is 0. The van der Waals surface area contributed by atoms with Crippen LogP contribution in [0, 0.1) is 6.07 Å². The van der Waals surface area contributed by atoms with Crippen molar-refractivity contribution in [2.75, 3.05) is 0 Å². The number of rotatable bonds is 0. The van der Waals surface area contributed by atoms with Crippen molar-refractivity contribution in [3.8, 4) is 5.75 Å². The quantitative estimate of drug-likeness (QED) is 0.600. The van der Waals surface area contributed by atoms with E-state index in [-0.39, 0.29) is 0 Å². The zero-order valence-electron chi connectivity index (χ0n) is 5.91. The van der Waals surface area contributed by atoms with Crippen molar-refractivity contribution in [3.05, 3.63) is 42.5 Å². The second-order valence-corrected chi connectivity index (χ2v) is 2.44. The molecule has 0 aliphatic carbocycles. The standard InChI is InChI=1S/C10H7O/c11-10-6-5-8-3-1-2-4-9(8)7-10/h1-2,4-7,11H. The average molecular weight is 143 g/mol. The summed E-state index contributed by atoms with van der Waals surface area (Å²) in [6, 6.07) is 14.0. The molecule has 53 valence electrons. The summed E-state index contributed by atoms with van der Waals surface area (Å²) in [5, 5.41) is 11.2. The Kier molecular flexibility index (Phi) is 1.29. The van der Waals surface area contributed by atoms with E-state index < -0.39 is 0 Å². The van der Waals surface area contributed by atoms with Crippen LogP contribution in [-0.2, 0) is 0 Å². The number of fused-ring (bicyclic) bond motifs is 1. The maximum Gasteiger partial charge on any atom is 0.116 e. The van der Waals surface area contributed by atoms with Crippen molar-refractivity contribution in [2.24, 2.45) is 0 Å². The fourth-order valence-corrected chi connectivity index (χ4v) is 1.11. The van der Waals surface area contributed by atoms with Crippen LogP contribution in [0.2, 0.25) is 0 Å². The summed E-state index contributed by atoms with van der Waals surface area (Å²) in [7, 11) is 0. The molecule has 11 heavy (non-hydrogen) atoms. The van der Waals surface area contributed by atoms with E-state index in [4.69, 9.17) is 5.11 Å². The molecule has 2 aromatic rings. The van der Waals surface area contributed by atoms with Crippen LogP contribution in [0.4, 0.5) is 0 Å². The monoisotopic (exact) mass is 143 g/mol. The lowest BCUT2D eigenvalue weighted by molar-refractivity contribution is 0.476. The van der Waals surface area contributed by atoms with Gasteiger partial charge in [-0.2, -0.15) is 0 Å². The molecule has 1 N–H and O–H groups in total. The largest absolute Gasteiger partial charge is 0.508 e. The summed E-state index contributed by atoms with van der Waals surface area (Å²) in [4.78, 5) is 0. The third-order valence-corrected chi connectivity index (χ3v) is 1.65. The smallest absolute Gasteiger partial charge is 0.116 e. The van der Waals surface area contributed by atoms with Crippen molar-refractivity contribution in [1.29, 1.82) is 0 Å². The van der Waals surface area contributed by atoms with Crippen molar-refractivity contribution >= 4 is 10.8 Å². The molecule has 0 saturated carbocycles. The van der Waals surface area contributed by atoms with E-state index in [1.165, 1.54) is 0 Å². The minimum Gasteiger partial charge on any atom is -0.508 e. The van der Waals surface area contributed by atoms with Crippen LogP contribution in [0.1, 0.15) is 0 Å². The number of benzene rings is 2. The number of hydrogen-bond acceptors (Lipinski definition) is 1. The third-order valence-electron chi connectivity index (χ3n) is 1.65. The van der Waals surface area contributed by atoms with Crippen molar-refractivity contribution in [1.82, 2.24) is 0 Å². The van der Waals surface area contributed by atoms with E-state index in [0.29, 0.717) is 5.75 Å². The molecule has 0 aliphatic rings. The number of phenols is 1. The molecule has 1 radical (unpaired) electrons. The van der Waals surface area contributed by atoms with Gasteiger partial charge in [0.15, 0.2) is 0 Å². The summed E-state index contributed by atoms with van der Waals surface area (Å²) in [5.41, 5.74) is 0. The van der Waals surface area contributed by atoms with Crippen molar-refractivity contribution in [3.63, 3.8) is 0 Å². The predicted molar refractivity (Wildman–Crippen MR) is 44.4 cm³/mol. The molecule has 0 spiro atoms. The fourth-order valence-electron chi connectivity index (χ4n) is 1.11. The van der Waals surface area contributed by atoms with Gasteiger partial charge in [0.25, 0.3) is 0 Å². The molecule has 0 amide bonds. The van der Waals surface area contributed by atoms with Gasteiger partial charge in [0.05, 0.1) is 0 Å². The first-order valence-electron chi connectivity index (χ1n) is 3.46. The van der Waals surface area contributed by atoms with Gasteiger partial charge in [-0.15, -0.1) is 0 Å². The Hall–Kier alpha value is -1.50. The van der Waals surface area contributed by atoms with Gasteiger partial charge in [-0.05, 0) is 29.0 Å². The zero-order chi connectivity index (χ0) is 7.68. The zero-order valence-corrected chi connectivity index (χ0v) is 5.91. The highest BCUT2D eigenvalue weighted by Crippen LogP contribution is 2.18. The van der Waals surface area contributed by atoms with Crippen molar-refractivity contribution in [2.45, 2.75) is 0 Å². The van der Waals surface area contributed by atoms with Gasteiger partial charge < -0.3 is 5.11 Å². The van der Waals surface area contributed by atoms with E-state index in [1.54, 1.807) is 12.1 Å². The summed E-state index contributed by atoms with van der Waals surface area (Å²) < 4.78 is 0. The van der Waals surface area contributed by atoms with Crippen LogP contribution in [0.5, 0.6) is 5.75 Å². The van der Waals surface area contributed by atoms with Crippen LogP contribution in [0.15, 0.2) is 36.4 Å². The van der Waals surface area contributed by atoms with E-state index in [0.717, 1.165) is 10.8 Å². The number of hydrogen-bond donors (Lipinski definition) is 1. The Morgan fingerprint density at radius 3 is 3.00 bits per heavy atom. The molecule has 0 aliphatic heterocycles. The first kappa shape index (κ1) is 6.23. The molecule has 0 saturated heterocycles. The number of phenolic OH excluding ortho intramolecular Hbond substituents is 1. The van der Waals surface area contributed by atoms with Gasteiger partial charge in [-0.3, -0.25) is 0 Å². The summed E-state index contributed by atoms with van der Waals surface area (Å²) in [5.74, 6) is 0.303. The van der Waals surface area contributed by atoms with E-state index in [9.17, 15) is 0 Å². The highest BCUT2D eigenvalue weighted by atomic mass is 16.3. The molecule has 0 fully saturated rings. The lowest BCUT2D eigenvalue weighted by Gasteiger charge is -1.95. The first-order chi connectivity index (χ1) is 5.36. The molecular formula is C10H7O. The van der Waals surface area contributed by atoms with E-state index in [1.807, 2.05) is 24.3 Å². The average Bonchev–Trinajstić information content (AvgIpc) is 2.04. The van der Waals surface area contributed by atoms with Crippen LogP contribution in [0.25, 0.3) is 10.8 Å². The Morgan fingerprint density at radius 2 is 2.09 bits per heavy atom. The molecule has 2 aromatic carbocycles. The summed E-state index contributed by atoms with van der Waals surface area (Å²) in [6.45, 7) is 0. The topological polar surface area (TPSA) is 20.2 Å². The Balaban J connectivity index is 2.83. The maximum atomic E-state index is 9.12. The first-order valence-corrected chi connectivity index (χ1v) is 3.46. The highest BCUT2D eigenvalue weighted by Gasteiger charge is 1.91. The predicted octanol–water partition coefficient (Wildman–Crippen LogP) is 2.35. The maximum absolute atomic E-state index is 9.12. The second kappa shape index (κ2) is 2.27. The van der Waals surface area contributed by atoms with Crippen LogP contribution < -0.4 is 0 Å². The molecule has 0 heterocycles. The van der Waals surface area contributed by atoms with E-state index >= 15 is 0 Å². The Morgan fingerprint density at radius 1 is 1.18 bits per heavy atom. The highest BCUT2D eigenvalue weighted by molar-refractivity contribution is 5.82. The molecule has 0 aromatic heterocycles. The third kappa shape index (κ3) is 1.05. The molecule has 1 heteroatoms. The lowest BCUT2D eigenvalue weighted by atomic mass is 10.1. The van der Waals surface area contributed by atoms with E-state index in [2.05, 4.69) is 6.07 Å². The normalized spacial score (nSPS) is 10.2. The van der Waals surface area contributed by atoms with Crippen molar-refractivity contribution < 1.29 is 5.11 Å². The van der Waals surface area contributed by atoms with Gasteiger partial charge in [0, 0.05) is 0 Å². The number of aromatic hydroxyl groups is 1. The molecule has 0 bridgehead atoms. The van der Waals surface area contributed by atoms with Gasteiger partial charge in [0.1, 0.15) is 5.75 Å². The SMILES string of the molecule is Oc1ccc2[c]cccc2c1. The minimum atomic E-state index is 0.303. The van der Waals surface area contributed by atoms with Gasteiger partial charge >= 0.3 is 0 Å². The molecular weight excluding hydrogens is 136 g/mol. The summed E-state index contributed by atoms with van der Waals surface area (Å²) in [6.07, 6.45) is 0. The molecule has 0 atom stereocenters.